The highest BCUT2D eigenvalue weighted by Crippen LogP contribution is 2.53. The van der Waals surface area contributed by atoms with Crippen molar-refractivity contribution in [3.05, 3.63) is 151 Å². The summed E-state index contributed by atoms with van der Waals surface area (Å²) < 4.78 is 2.40. The first-order valence-corrected chi connectivity index (χ1v) is 15.2. The molecule has 9 rings (SSSR count). The first-order valence-electron chi connectivity index (χ1n) is 15.2. The maximum Gasteiger partial charge on any atom is 0.0973 e. The Morgan fingerprint density at radius 3 is 1.91 bits per heavy atom. The fourth-order valence-corrected chi connectivity index (χ4v) is 7.31. The molecule has 1 aliphatic carbocycles. The quantitative estimate of drug-likeness (QED) is 0.214. The second-order valence-electron chi connectivity index (χ2n) is 12.2. The molecule has 0 radical (unpaired) electrons. The average Bonchev–Trinajstić information content (AvgIpc) is 3.53. The molecule has 2 heterocycles. The highest BCUT2D eigenvalue weighted by molar-refractivity contribution is 6.18. The second kappa shape index (κ2) is 9.23. The smallest absolute Gasteiger partial charge is 0.0973 e. The van der Waals surface area contributed by atoms with E-state index in [1.807, 2.05) is 12.1 Å². The molecular weight excluding hydrogens is 534 g/mol. The van der Waals surface area contributed by atoms with Crippen molar-refractivity contribution in [2.75, 3.05) is 0 Å². The number of hydrogen-bond acceptors (Lipinski definition) is 2. The molecule has 0 bridgehead atoms. The molecule has 3 nitrogen and oxygen atoms in total. The maximum atomic E-state index is 5.28. The highest BCUT2D eigenvalue weighted by atomic mass is 15.0. The molecule has 0 aliphatic heterocycles. The molecule has 208 valence electrons. The standard InChI is InChI=1S/C41H29N3/c1-41(2)31-19-11-9-17-29(31)37-32(41)22-24-36-38(37)30-18-10-12-20-35(30)44(36)28-21-23-33-34(25-28)43-40(27-15-7-4-8-16-27)39(42-33)26-13-5-3-6-14-26/h3-25H,1-2H3. The van der Waals surface area contributed by atoms with Crippen LogP contribution in [0.15, 0.2) is 140 Å². The van der Waals surface area contributed by atoms with Gasteiger partial charge in [-0.15, -0.1) is 0 Å². The van der Waals surface area contributed by atoms with E-state index in [4.69, 9.17) is 9.97 Å². The van der Waals surface area contributed by atoms with Crippen LogP contribution in [0.2, 0.25) is 0 Å². The van der Waals surface area contributed by atoms with E-state index in [0.29, 0.717) is 0 Å². The molecule has 8 aromatic rings. The third-order valence-corrected chi connectivity index (χ3v) is 9.38. The highest BCUT2D eigenvalue weighted by Gasteiger charge is 2.37. The fourth-order valence-electron chi connectivity index (χ4n) is 7.31. The summed E-state index contributed by atoms with van der Waals surface area (Å²) in [5.74, 6) is 0. The number of nitrogens with zero attached hydrogens (tertiary/aromatic N) is 3. The topological polar surface area (TPSA) is 30.7 Å². The zero-order valence-corrected chi connectivity index (χ0v) is 24.6. The minimum Gasteiger partial charge on any atom is -0.309 e. The Kier molecular flexibility index (Phi) is 5.24. The molecule has 3 heteroatoms. The Morgan fingerprint density at radius 2 is 1.16 bits per heavy atom. The molecule has 0 saturated carbocycles. The lowest BCUT2D eigenvalue weighted by Gasteiger charge is -2.21. The van der Waals surface area contributed by atoms with Crippen LogP contribution in [0.1, 0.15) is 25.0 Å². The van der Waals surface area contributed by atoms with Crippen molar-refractivity contribution in [1.29, 1.82) is 0 Å². The molecule has 0 N–H and O–H groups in total. The van der Waals surface area contributed by atoms with E-state index in [2.05, 4.69) is 146 Å². The lowest BCUT2D eigenvalue weighted by Crippen LogP contribution is -2.14. The Labute approximate surface area is 256 Å². The largest absolute Gasteiger partial charge is 0.309 e. The van der Waals surface area contributed by atoms with E-state index in [0.717, 1.165) is 39.2 Å². The lowest BCUT2D eigenvalue weighted by atomic mass is 9.82. The van der Waals surface area contributed by atoms with Crippen LogP contribution >= 0.6 is 0 Å². The molecule has 1 aliphatic rings. The van der Waals surface area contributed by atoms with Gasteiger partial charge in [0.1, 0.15) is 0 Å². The number of rotatable bonds is 3. The van der Waals surface area contributed by atoms with E-state index < -0.39 is 0 Å². The number of benzene rings is 6. The molecule has 0 saturated heterocycles. The first-order chi connectivity index (χ1) is 21.6. The Morgan fingerprint density at radius 1 is 0.523 bits per heavy atom. The van der Waals surface area contributed by atoms with E-state index in [1.165, 1.54) is 44.1 Å². The Hall–Kier alpha value is -5.54. The zero-order valence-electron chi connectivity index (χ0n) is 24.6. The summed E-state index contributed by atoms with van der Waals surface area (Å²) in [5.41, 5.74) is 14.6. The summed E-state index contributed by atoms with van der Waals surface area (Å²) in [4.78, 5) is 10.5. The summed E-state index contributed by atoms with van der Waals surface area (Å²) in [6, 6.07) is 49.6. The number of para-hydroxylation sites is 1. The van der Waals surface area contributed by atoms with Crippen LogP contribution in [0, 0.1) is 0 Å². The minimum absolute atomic E-state index is 0.0494. The molecular formula is C41H29N3. The van der Waals surface area contributed by atoms with Gasteiger partial charge in [-0.25, -0.2) is 9.97 Å². The van der Waals surface area contributed by atoms with Crippen LogP contribution in [0.4, 0.5) is 0 Å². The molecule has 44 heavy (non-hydrogen) atoms. The van der Waals surface area contributed by atoms with Crippen molar-refractivity contribution < 1.29 is 0 Å². The van der Waals surface area contributed by atoms with Gasteiger partial charge in [0.15, 0.2) is 0 Å². The van der Waals surface area contributed by atoms with Gasteiger partial charge < -0.3 is 4.57 Å². The SMILES string of the molecule is CC1(C)c2ccccc2-c2c1ccc1c2c2ccccc2n1-c1ccc2nc(-c3ccccc3)c(-c3ccccc3)nc2c1. The molecule has 0 fully saturated rings. The molecule has 0 spiro atoms. The third-order valence-electron chi connectivity index (χ3n) is 9.38. The lowest BCUT2D eigenvalue weighted by molar-refractivity contribution is 0.661. The van der Waals surface area contributed by atoms with Crippen LogP contribution in [0.25, 0.3) is 72.2 Å². The molecule has 0 unspecified atom stereocenters. The van der Waals surface area contributed by atoms with Crippen molar-refractivity contribution in [2.24, 2.45) is 0 Å². The molecule has 0 atom stereocenters. The zero-order chi connectivity index (χ0) is 29.4. The van der Waals surface area contributed by atoms with Crippen molar-refractivity contribution >= 4 is 32.8 Å². The van der Waals surface area contributed by atoms with E-state index >= 15 is 0 Å². The average molecular weight is 564 g/mol. The number of aromatic nitrogens is 3. The molecule has 0 amide bonds. The van der Waals surface area contributed by atoms with Crippen LogP contribution in [-0.2, 0) is 5.41 Å². The van der Waals surface area contributed by atoms with E-state index in [-0.39, 0.29) is 5.41 Å². The van der Waals surface area contributed by atoms with Crippen molar-refractivity contribution in [1.82, 2.24) is 14.5 Å². The van der Waals surface area contributed by atoms with E-state index in [1.54, 1.807) is 0 Å². The first kappa shape index (κ1) is 25.0. The summed E-state index contributed by atoms with van der Waals surface area (Å²) in [6.45, 7) is 4.69. The number of fused-ring (bicyclic) bond motifs is 8. The van der Waals surface area contributed by atoms with Gasteiger partial charge >= 0.3 is 0 Å². The van der Waals surface area contributed by atoms with Gasteiger partial charge in [-0.1, -0.05) is 123 Å². The van der Waals surface area contributed by atoms with Gasteiger partial charge in [0.2, 0.25) is 0 Å². The third kappa shape index (κ3) is 3.50. The van der Waals surface area contributed by atoms with Gasteiger partial charge in [-0.2, -0.15) is 0 Å². The predicted octanol–water partition coefficient (Wildman–Crippen LogP) is 10.4. The van der Waals surface area contributed by atoms with Gasteiger partial charge in [0.25, 0.3) is 0 Å². The van der Waals surface area contributed by atoms with Crippen molar-refractivity contribution in [3.63, 3.8) is 0 Å². The van der Waals surface area contributed by atoms with Gasteiger partial charge in [0, 0.05) is 33.0 Å². The van der Waals surface area contributed by atoms with Gasteiger partial charge in [-0.3, -0.25) is 0 Å². The molecule has 2 aromatic heterocycles. The minimum atomic E-state index is -0.0494. The molecule has 6 aromatic carbocycles. The second-order valence-corrected chi connectivity index (χ2v) is 12.2. The van der Waals surface area contributed by atoms with Crippen LogP contribution < -0.4 is 0 Å². The van der Waals surface area contributed by atoms with Crippen LogP contribution in [-0.4, -0.2) is 14.5 Å². The summed E-state index contributed by atoms with van der Waals surface area (Å²) in [5, 5.41) is 2.58. The normalized spacial score (nSPS) is 13.4. The summed E-state index contributed by atoms with van der Waals surface area (Å²) in [7, 11) is 0. The van der Waals surface area contributed by atoms with Crippen molar-refractivity contribution in [2.45, 2.75) is 19.3 Å². The summed E-state index contributed by atoms with van der Waals surface area (Å²) in [6.07, 6.45) is 0. The van der Waals surface area contributed by atoms with E-state index in [9.17, 15) is 0 Å². The number of hydrogen-bond donors (Lipinski definition) is 0. The van der Waals surface area contributed by atoms with Crippen molar-refractivity contribution in [3.8, 4) is 39.3 Å². The summed E-state index contributed by atoms with van der Waals surface area (Å²) >= 11 is 0. The fraction of sp³-hybridized carbons (Fsp3) is 0.0732. The van der Waals surface area contributed by atoms with Crippen LogP contribution in [0.3, 0.4) is 0 Å². The predicted molar refractivity (Wildman–Crippen MR) is 182 cm³/mol. The van der Waals surface area contributed by atoms with Gasteiger partial charge in [0.05, 0.1) is 33.5 Å². The van der Waals surface area contributed by atoms with Gasteiger partial charge in [-0.05, 0) is 52.6 Å². The Balaban J connectivity index is 1.32. The van der Waals surface area contributed by atoms with Crippen LogP contribution in [0.5, 0.6) is 0 Å². The Bertz CT molecular complexity index is 2400. The maximum absolute atomic E-state index is 5.28. The monoisotopic (exact) mass is 563 g/mol.